The van der Waals surface area contributed by atoms with Gasteiger partial charge in [0.15, 0.2) is 0 Å². The van der Waals surface area contributed by atoms with Crippen molar-refractivity contribution in [2.45, 2.75) is 32.1 Å². The molecule has 0 unspecified atom stereocenters. The van der Waals surface area contributed by atoms with Crippen molar-refractivity contribution in [1.29, 1.82) is 0 Å². The van der Waals surface area contributed by atoms with Gasteiger partial charge >= 0.3 is 37.9 Å². The molecule has 0 saturated heterocycles. The predicted molar refractivity (Wildman–Crippen MR) is 61.7 cm³/mol. The van der Waals surface area contributed by atoms with Crippen molar-refractivity contribution in [2.75, 3.05) is 0 Å². The second-order valence-corrected chi connectivity index (χ2v) is 13.4. The van der Waals surface area contributed by atoms with E-state index in [0.717, 1.165) is 0 Å². The number of hydrogen-bond donors (Lipinski definition) is 0. The minimum absolute atomic E-state index is 0.826. The van der Waals surface area contributed by atoms with Crippen LogP contribution in [0.25, 0.3) is 0 Å². The standard InChI is InChI=1S/C9H16Si.2ClH.Zr/c1-10(2,3)8-9-6-4-5-7-9;;;/h4,6-7H,5,8H2,1-3H3;2*1H;/q;;;+2/p-2. The van der Waals surface area contributed by atoms with E-state index in [2.05, 4.69) is 37.9 Å². The van der Waals surface area contributed by atoms with E-state index < -0.39 is 28.9 Å². The van der Waals surface area contributed by atoms with E-state index in [1.807, 2.05) is 0 Å². The summed E-state index contributed by atoms with van der Waals surface area (Å²) in [5.74, 6) is 0. The van der Waals surface area contributed by atoms with Gasteiger partial charge in [-0.3, -0.25) is 0 Å². The Morgan fingerprint density at radius 1 is 1.38 bits per heavy atom. The quantitative estimate of drug-likeness (QED) is 0.654. The van der Waals surface area contributed by atoms with E-state index in [1.165, 1.54) is 12.5 Å². The fraction of sp³-hybridized carbons (Fsp3) is 0.556. The average Bonchev–Trinajstić information content (AvgIpc) is 2.37. The van der Waals surface area contributed by atoms with Crippen molar-refractivity contribution in [3.05, 3.63) is 23.8 Å². The summed E-state index contributed by atoms with van der Waals surface area (Å²) < 4.78 is 0. The van der Waals surface area contributed by atoms with Crippen LogP contribution in [0.3, 0.4) is 0 Å². The molecular formula is C9H16Cl2SiZr. The Bertz CT molecular complexity index is 194. The minimum atomic E-state index is -0.842. The zero-order valence-corrected chi connectivity index (χ0v) is 13.4. The van der Waals surface area contributed by atoms with Crippen LogP contribution in [-0.4, -0.2) is 8.07 Å². The van der Waals surface area contributed by atoms with Gasteiger partial charge in [0.05, 0.1) is 0 Å². The van der Waals surface area contributed by atoms with Gasteiger partial charge < -0.3 is 0 Å². The third-order valence-electron chi connectivity index (χ3n) is 1.58. The summed E-state index contributed by atoms with van der Waals surface area (Å²) in [7, 11) is 9.03. The van der Waals surface area contributed by atoms with Crippen molar-refractivity contribution in [2.24, 2.45) is 0 Å². The molecule has 0 amide bonds. The maximum absolute atomic E-state index is 4.93. The molecule has 74 valence electrons. The number of allylic oxidation sites excluding steroid dienone is 4. The molecule has 0 aromatic carbocycles. The van der Waals surface area contributed by atoms with Crippen LogP contribution in [0.4, 0.5) is 0 Å². The van der Waals surface area contributed by atoms with E-state index >= 15 is 0 Å². The zero-order chi connectivity index (χ0) is 10.3. The first-order valence-electron chi connectivity index (χ1n) is 4.31. The molecular weight excluding hydrogens is 298 g/mol. The van der Waals surface area contributed by atoms with Gasteiger partial charge in [-0.1, -0.05) is 43.4 Å². The summed E-state index contributed by atoms with van der Waals surface area (Å²) in [4.78, 5) is 0. The molecule has 1 aliphatic carbocycles. The van der Waals surface area contributed by atoms with Gasteiger partial charge in [-0.05, 0) is 12.5 Å². The normalized spacial score (nSPS) is 14.7. The summed E-state index contributed by atoms with van der Waals surface area (Å²) >= 11 is -0.826. The third-order valence-corrected chi connectivity index (χ3v) is 3.05. The topological polar surface area (TPSA) is 0 Å². The van der Waals surface area contributed by atoms with Crippen LogP contribution in [0, 0.1) is 0 Å². The van der Waals surface area contributed by atoms with Crippen molar-refractivity contribution in [3.8, 4) is 0 Å². The summed E-state index contributed by atoms with van der Waals surface area (Å²) in [6, 6.07) is 1.35. The Morgan fingerprint density at radius 3 is 2.23 bits per heavy atom. The summed E-state index contributed by atoms with van der Waals surface area (Å²) in [6.07, 6.45) is 8.03. The van der Waals surface area contributed by atoms with Gasteiger partial charge in [-0.15, -0.1) is 0 Å². The van der Waals surface area contributed by atoms with E-state index in [-0.39, 0.29) is 0 Å². The molecule has 0 nitrogen and oxygen atoms in total. The van der Waals surface area contributed by atoms with Gasteiger partial charge in [0.1, 0.15) is 0 Å². The van der Waals surface area contributed by atoms with Gasteiger partial charge in [0.2, 0.25) is 0 Å². The fourth-order valence-corrected chi connectivity index (χ4v) is 2.74. The Kier molecular flexibility index (Phi) is 8.12. The molecule has 4 heteroatoms. The van der Waals surface area contributed by atoms with Crippen LogP contribution in [-0.2, 0) is 20.8 Å². The SMILES string of the molecule is C[Si](C)(C)CC1=CCC=C1.[Cl][Zr][Cl]. The van der Waals surface area contributed by atoms with Crippen LogP contribution in [0.5, 0.6) is 0 Å². The Balaban J connectivity index is 0.000000424. The molecule has 1 rings (SSSR count). The fourth-order valence-electron chi connectivity index (χ4n) is 1.25. The summed E-state index contributed by atoms with van der Waals surface area (Å²) in [6.45, 7) is 7.25. The van der Waals surface area contributed by atoms with Crippen molar-refractivity contribution in [1.82, 2.24) is 0 Å². The number of hydrogen-bond acceptors (Lipinski definition) is 0. The van der Waals surface area contributed by atoms with E-state index in [4.69, 9.17) is 17.0 Å². The Labute approximate surface area is 101 Å². The molecule has 0 heterocycles. The summed E-state index contributed by atoms with van der Waals surface area (Å²) in [5, 5.41) is 0. The maximum atomic E-state index is 4.93. The van der Waals surface area contributed by atoms with Crippen LogP contribution >= 0.6 is 17.0 Å². The molecule has 0 aromatic rings. The second kappa shape index (κ2) is 7.45. The van der Waals surface area contributed by atoms with Gasteiger partial charge in [-0.2, -0.15) is 0 Å². The van der Waals surface area contributed by atoms with Gasteiger partial charge in [0.25, 0.3) is 0 Å². The summed E-state index contributed by atoms with van der Waals surface area (Å²) in [5.41, 5.74) is 1.57. The van der Waals surface area contributed by atoms with Crippen LogP contribution in [0.2, 0.25) is 25.7 Å². The molecule has 0 bridgehead atoms. The molecule has 1 aliphatic rings. The number of rotatable bonds is 2. The first-order chi connectivity index (χ1) is 5.99. The molecule has 0 radical (unpaired) electrons. The molecule has 0 atom stereocenters. The van der Waals surface area contributed by atoms with Crippen molar-refractivity contribution < 1.29 is 20.8 Å². The number of halogens is 2. The second-order valence-electron chi connectivity index (χ2n) is 4.23. The van der Waals surface area contributed by atoms with Gasteiger partial charge in [0, 0.05) is 8.07 Å². The molecule has 0 aromatic heterocycles. The molecule has 0 saturated carbocycles. The van der Waals surface area contributed by atoms with Crippen LogP contribution < -0.4 is 0 Å². The van der Waals surface area contributed by atoms with E-state index in [9.17, 15) is 0 Å². The van der Waals surface area contributed by atoms with Crippen LogP contribution in [0.1, 0.15) is 6.42 Å². The monoisotopic (exact) mass is 312 g/mol. The first-order valence-corrected chi connectivity index (χ1v) is 14.3. The zero-order valence-electron chi connectivity index (χ0n) is 8.40. The third kappa shape index (κ3) is 9.46. The Hall–Kier alpha value is 1.16. The molecule has 0 fully saturated rings. The predicted octanol–water partition coefficient (Wildman–Crippen LogP) is 4.59. The Morgan fingerprint density at radius 2 is 1.92 bits per heavy atom. The molecule has 0 spiro atoms. The van der Waals surface area contributed by atoms with Crippen molar-refractivity contribution >= 4 is 25.1 Å². The molecule has 0 N–H and O–H groups in total. The van der Waals surface area contributed by atoms with E-state index in [0.29, 0.717) is 0 Å². The first kappa shape index (κ1) is 14.2. The molecule has 0 aliphatic heterocycles. The van der Waals surface area contributed by atoms with Crippen molar-refractivity contribution in [3.63, 3.8) is 0 Å². The van der Waals surface area contributed by atoms with Gasteiger partial charge in [-0.25, -0.2) is 0 Å². The van der Waals surface area contributed by atoms with E-state index in [1.54, 1.807) is 5.57 Å². The van der Waals surface area contributed by atoms with Crippen LogP contribution in [0.15, 0.2) is 23.8 Å². The molecule has 13 heavy (non-hydrogen) atoms. The average molecular weight is 314 g/mol.